The van der Waals surface area contributed by atoms with Crippen molar-refractivity contribution < 1.29 is 4.79 Å². The molecule has 8 heteroatoms. The Morgan fingerprint density at radius 3 is 2.71 bits per heavy atom. The number of imidazole rings is 1. The summed E-state index contributed by atoms with van der Waals surface area (Å²) < 4.78 is 2.59. The fourth-order valence-electron chi connectivity index (χ4n) is 2.24. The SMILES string of the molecule is Cc1nc2ccc(-n3nccc3N)cc2[nH]1.O=Cc1cc(Br)c[nH]1. The maximum Gasteiger partial charge on any atom is 0.166 e. The minimum atomic E-state index is 0.594. The number of H-pyrrole nitrogens is 2. The first kappa shape index (κ1) is 16.0. The van der Waals surface area contributed by atoms with Crippen LogP contribution in [0.4, 0.5) is 5.82 Å². The minimum absolute atomic E-state index is 0.594. The van der Waals surface area contributed by atoms with Gasteiger partial charge in [0.15, 0.2) is 6.29 Å². The molecule has 3 heterocycles. The molecule has 7 nitrogen and oxygen atoms in total. The van der Waals surface area contributed by atoms with Gasteiger partial charge in [-0.15, -0.1) is 0 Å². The van der Waals surface area contributed by atoms with Crippen LogP contribution in [0.25, 0.3) is 16.7 Å². The number of carbonyl (C=O) groups is 1. The van der Waals surface area contributed by atoms with Crippen LogP contribution >= 0.6 is 15.9 Å². The lowest BCUT2D eigenvalue weighted by molar-refractivity contribution is 0.111. The molecule has 3 aromatic heterocycles. The highest BCUT2D eigenvalue weighted by molar-refractivity contribution is 9.10. The summed E-state index contributed by atoms with van der Waals surface area (Å²) in [6.45, 7) is 1.93. The third kappa shape index (κ3) is 3.38. The van der Waals surface area contributed by atoms with E-state index in [1.54, 1.807) is 29.2 Å². The normalized spacial score (nSPS) is 10.4. The standard InChI is InChI=1S/C11H11N5.C5H4BrNO/c1-7-14-9-3-2-8(6-10(9)15-7)16-11(12)4-5-13-16;6-4-1-5(3-8)7-2-4/h2-6H,12H2,1H3,(H,14,15);1-3,7H. The van der Waals surface area contributed by atoms with Crippen LogP contribution in [0.15, 0.2) is 47.2 Å². The third-order valence-electron chi connectivity index (χ3n) is 3.30. The molecule has 0 unspecified atom stereocenters. The second kappa shape index (κ2) is 6.71. The summed E-state index contributed by atoms with van der Waals surface area (Å²) in [5.41, 5.74) is 9.26. The molecular formula is C16H15BrN6O. The van der Waals surface area contributed by atoms with Crippen molar-refractivity contribution in [3.8, 4) is 5.69 Å². The fraction of sp³-hybridized carbons (Fsp3) is 0.0625. The summed E-state index contributed by atoms with van der Waals surface area (Å²) in [7, 11) is 0. The van der Waals surface area contributed by atoms with E-state index < -0.39 is 0 Å². The van der Waals surface area contributed by atoms with Crippen molar-refractivity contribution in [1.29, 1.82) is 0 Å². The van der Waals surface area contributed by atoms with Gasteiger partial charge >= 0.3 is 0 Å². The predicted octanol–water partition coefficient (Wildman–Crippen LogP) is 3.23. The van der Waals surface area contributed by atoms with Gasteiger partial charge in [-0.25, -0.2) is 9.67 Å². The zero-order valence-electron chi connectivity index (χ0n) is 12.8. The number of carbonyl (C=O) groups excluding carboxylic acids is 1. The van der Waals surface area contributed by atoms with E-state index >= 15 is 0 Å². The number of aromatic amines is 2. The number of fused-ring (bicyclic) bond motifs is 1. The third-order valence-corrected chi connectivity index (χ3v) is 3.76. The molecule has 122 valence electrons. The molecule has 0 amide bonds. The van der Waals surface area contributed by atoms with Crippen LogP contribution < -0.4 is 5.73 Å². The molecule has 0 saturated carbocycles. The summed E-state index contributed by atoms with van der Waals surface area (Å²) in [6.07, 6.45) is 4.16. The van der Waals surface area contributed by atoms with E-state index in [-0.39, 0.29) is 0 Å². The van der Waals surface area contributed by atoms with Crippen molar-refractivity contribution in [2.45, 2.75) is 6.92 Å². The van der Waals surface area contributed by atoms with Gasteiger partial charge in [0.25, 0.3) is 0 Å². The first-order valence-corrected chi connectivity index (χ1v) is 7.91. The summed E-state index contributed by atoms with van der Waals surface area (Å²) in [4.78, 5) is 20.2. The van der Waals surface area contributed by atoms with Gasteiger partial charge in [0.2, 0.25) is 0 Å². The van der Waals surface area contributed by atoms with Crippen molar-refractivity contribution in [2.75, 3.05) is 5.73 Å². The number of anilines is 1. The van der Waals surface area contributed by atoms with Gasteiger partial charge < -0.3 is 15.7 Å². The lowest BCUT2D eigenvalue weighted by atomic mass is 10.3. The number of rotatable bonds is 2. The van der Waals surface area contributed by atoms with Gasteiger partial charge in [0.05, 0.1) is 28.6 Å². The van der Waals surface area contributed by atoms with Crippen LogP contribution in [0, 0.1) is 6.92 Å². The molecule has 0 spiro atoms. The van der Waals surface area contributed by atoms with E-state index in [2.05, 4.69) is 36.0 Å². The molecule has 0 aliphatic heterocycles. The molecule has 0 aliphatic carbocycles. The summed E-state index contributed by atoms with van der Waals surface area (Å²) in [6, 6.07) is 9.37. The van der Waals surface area contributed by atoms with Crippen molar-refractivity contribution in [3.63, 3.8) is 0 Å². The first-order chi connectivity index (χ1) is 11.6. The van der Waals surface area contributed by atoms with Gasteiger partial charge in [0, 0.05) is 16.7 Å². The first-order valence-electron chi connectivity index (χ1n) is 7.12. The molecule has 4 aromatic rings. The number of nitrogen functional groups attached to an aromatic ring is 1. The summed E-state index contributed by atoms with van der Waals surface area (Å²) in [5, 5.41) is 4.16. The number of aryl methyl sites for hydroxylation is 1. The number of nitrogens with one attached hydrogen (secondary N) is 2. The second-order valence-corrected chi connectivity index (χ2v) is 6.00. The van der Waals surface area contributed by atoms with Crippen LogP contribution in [-0.2, 0) is 0 Å². The second-order valence-electron chi connectivity index (χ2n) is 5.08. The van der Waals surface area contributed by atoms with E-state index in [1.807, 2.05) is 25.1 Å². The lowest BCUT2D eigenvalue weighted by Gasteiger charge is -2.03. The van der Waals surface area contributed by atoms with Crippen molar-refractivity contribution in [3.05, 3.63) is 58.7 Å². The topological polar surface area (TPSA) is 105 Å². The lowest BCUT2D eigenvalue weighted by Crippen LogP contribution is -2.01. The minimum Gasteiger partial charge on any atom is -0.384 e. The molecule has 4 N–H and O–H groups in total. The number of nitrogens with zero attached hydrogens (tertiary/aromatic N) is 3. The molecule has 4 rings (SSSR count). The Balaban J connectivity index is 0.000000179. The Kier molecular flexibility index (Phi) is 4.48. The van der Waals surface area contributed by atoms with E-state index in [0.29, 0.717) is 11.5 Å². The average molecular weight is 387 g/mol. The highest BCUT2D eigenvalue weighted by Gasteiger charge is 2.04. The molecule has 0 saturated heterocycles. The van der Waals surface area contributed by atoms with E-state index in [9.17, 15) is 4.79 Å². The maximum atomic E-state index is 9.97. The Morgan fingerprint density at radius 1 is 1.29 bits per heavy atom. The number of halogens is 1. The van der Waals surface area contributed by atoms with E-state index in [1.165, 1.54) is 0 Å². The average Bonchev–Trinajstić information content (AvgIpc) is 3.26. The number of nitrogens with two attached hydrogens (primary N) is 1. The maximum absolute atomic E-state index is 9.97. The highest BCUT2D eigenvalue weighted by Crippen LogP contribution is 2.18. The molecule has 0 bridgehead atoms. The van der Waals surface area contributed by atoms with Crippen LogP contribution in [0.3, 0.4) is 0 Å². The van der Waals surface area contributed by atoms with Crippen LogP contribution in [-0.4, -0.2) is 31.0 Å². The van der Waals surface area contributed by atoms with Gasteiger partial charge in [-0.05, 0) is 47.1 Å². The number of aromatic nitrogens is 5. The van der Waals surface area contributed by atoms with Gasteiger partial charge in [-0.1, -0.05) is 0 Å². The molecule has 0 radical (unpaired) electrons. The monoisotopic (exact) mass is 386 g/mol. The van der Waals surface area contributed by atoms with E-state index in [0.717, 1.165) is 33.3 Å². The molecule has 0 aliphatic rings. The molecular weight excluding hydrogens is 372 g/mol. The Morgan fingerprint density at radius 2 is 2.12 bits per heavy atom. The van der Waals surface area contributed by atoms with Crippen LogP contribution in [0.2, 0.25) is 0 Å². The molecule has 1 aromatic carbocycles. The highest BCUT2D eigenvalue weighted by atomic mass is 79.9. The number of benzene rings is 1. The van der Waals surface area contributed by atoms with Crippen molar-refractivity contribution >= 4 is 39.1 Å². The van der Waals surface area contributed by atoms with Crippen molar-refractivity contribution in [1.82, 2.24) is 24.7 Å². The summed E-state index contributed by atoms with van der Waals surface area (Å²) >= 11 is 3.18. The quantitative estimate of drug-likeness (QED) is 0.459. The van der Waals surface area contributed by atoms with Gasteiger partial charge in [0.1, 0.15) is 11.6 Å². The number of hydrogen-bond acceptors (Lipinski definition) is 4. The predicted molar refractivity (Wildman–Crippen MR) is 96.2 cm³/mol. The number of aldehydes is 1. The van der Waals surface area contributed by atoms with Crippen molar-refractivity contribution in [2.24, 2.45) is 0 Å². The van der Waals surface area contributed by atoms with Gasteiger partial charge in [-0.3, -0.25) is 4.79 Å². The molecule has 0 atom stereocenters. The molecule has 0 fully saturated rings. The number of hydrogen-bond donors (Lipinski definition) is 3. The zero-order chi connectivity index (χ0) is 17.1. The van der Waals surface area contributed by atoms with Gasteiger partial charge in [-0.2, -0.15) is 5.10 Å². The molecule has 24 heavy (non-hydrogen) atoms. The smallest absolute Gasteiger partial charge is 0.166 e. The Bertz CT molecular complexity index is 983. The fourth-order valence-corrected chi connectivity index (χ4v) is 2.60. The van der Waals surface area contributed by atoms with Crippen LogP contribution in [0.1, 0.15) is 16.3 Å². The Labute approximate surface area is 146 Å². The van der Waals surface area contributed by atoms with E-state index in [4.69, 9.17) is 5.73 Å². The van der Waals surface area contributed by atoms with Crippen LogP contribution in [0.5, 0.6) is 0 Å². The Hall–Kier alpha value is -2.87. The summed E-state index contributed by atoms with van der Waals surface area (Å²) in [5.74, 6) is 1.52. The largest absolute Gasteiger partial charge is 0.384 e. The zero-order valence-corrected chi connectivity index (χ0v) is 14.4.